The van der Waals surface area contributed by atoms with Crippen LogP contribution >= 0.6 is 0 Å². The predicted molar refractivity (Wildman–Crippen MR) is 226 cm³/mol. The number of rotatable bonds is 10. The van der Waals surface area contributed by atoms with Gasteiger partial charge >= 0.3 is 29.8 Å². The summed E-state index contributed by atoms with van der Waals surface area (Å²) in [6.07, 6.45) is 4.42. The number of likely N-dealkylation sites (N-methyl/N-ethyl adjacent to an activating group) is 1. The SMILES string of the molecule is CCC/C=C/C=C/C(=O)OC1/C(=C/C(=O)OC)C[C@H]2CCOC(=O)C[C@H](O)C[C@@H]3C[C@H](OC(C)=O)C(C)(C)[C@](O)(C[C@@H]4C[C@H](OC(=O)CN(C)C)C[C@H](/C=C/C(C)(C)[C@]1(O)O2)O4)O3. The zero-order chi connectivity index (χ0) is 46.8. The first kappa shape index (κ1) is 51.7. The van der Waals surface area contributed by atoms with Gasteiger partial charge in [0.05, 0.1) is 62.6 Å². The second kappa shape index (κ2) is 22.3. The maximum absolute atomic E-state index is 13.4. The number of esters is 5. The lowest BCUT2D eigenvalue weighted by atomic mass is 9.70. The third-order valence-corrected chi connectivity index (χ3v) is 12.1. The molecular formula is C46H69NO16. The summed E-state index contributed by atoms with van der Waals surface area (Å²) in [6.45, 7) is 9.76. The topological polar surface area (TPSA) is 223 Å². The summed E-state index contributed by atoms with van der Waals surface area (Å²) in [5.41, 5.74) is -2.48. The molecule has 0 aromatic carbocycles. The van der Waals surface area contributed by atoms with E-state index >= 15 is 0 Å². The van der Waals surface area contributed by atoms with E-state index in [0.717, 1.165) is 18.9 Å². The fourth-order valence-electron chi connectivity index (χ4n) is 8.43. The highest BCUT2D eigenvalue weighted by atomic mass is 16.7. The maximum Gasteiger partial charge on any atom is 0.331 e. The van der Waals surface area contributed by atoms with Crippen molar-refractivity contribution in [1.82, 2.24) is 4.90 Å². The zero-order valence-corrected chi connectivity index (χ0v) is 38.2. The quantitative estimate of drug-likeness (QED) is 0.0930. The van der Waals surface area contributed by atoms with Crippen LogP contribution in [0.4, 0.5) is 0 Å². The van der Waals surface area contributed by atoms with Crippen LogP contribution in [-0.4, -0.2) is 145 Å². The number of cyclic esters (lactones) is 1. The van der Waals surface area contributed by atoms with Crippen molar-refractivity contribution in [3.8, 4) is 0 Å². The molecule has 0 amide bonds. The molecule has 4 aliphatic heterocycles. The van der Waals surface area contributed by atoms with E-state index in [2.05, 4.69) is 0 Å². The number of aliphatic hydroxyl groups is 3. The Morgan fingerprint density at radius 1 is 0.921 bits per heavy atom. The minimum atomic E-state index is -2.36. The average Bonchev–Trinajstić information content (AvgIpc) is 3.16. The first-order valence-electron chi connectivity index (χ1n) is 21.8. The van der Waals surface area contributed by atoms with Crippen LogP contribution in [0.5, 0.6) is 0 Å². The highest BCUT2D eigenvalue weighted by Gasteiger charge is 2.59. The fourth-order valence-corrected chi connectivity index (χ4v) is 8.43. The number of hydrogen-bond donors (Lipinski definition) is 3. The molecule has 63 heavy (non-hydrogen) atoms. The normalized spacial score (nSPS) is 35.1. The van der Waals surface area contributed by atoms with Gasteiger partial charge in [-0.25, -0.2) is 9.59 Å². The van der Waals surface area contributed by atoms with Crippen LogP contribution in [-0.2, 0) is 61.9 Å². The summed E-state index contributed by atoms with van der Waals surface area (Å²) in [4.78, 5) is 66.2. The molecule has 3 N–H and O–H groups in total. The van der Waals surface area contributed by atoms with Crippen LogP contribution in [0.3, 0.4) is 0 Å². The summed E-state index contributed by atoms with van der Waals surface area (Å²) < 4.78 is 47.5. The number of hydrogen-bond acceptors (Lipinski definition) is 17. The number of nitrogens with zero attached hydrogens (tertiary/aromatic N) is 1. The summed E-state index contributed by atoms with van der Waals surface area (Å²) in [5, 5.41) is 36.4. The molecule has 354 valence electrons. The van der Waals surface area contributed by atoms with Gasteiger partial charge in [-0.3, -0.25) is 19.3 Å². The number of ether oxygens (including phenoxy) is 8. The average molecular weight is 892 g/mol. The monoisotopic (exact) mass is 891 g/mol. The highest BCUT2D eigenvalue weighted by Crippen LogP contribution is 2.50. The second-order valence-corrected chi connectivity index (χ2v) is 18.4. The first-order valence-corrected chi connectivity index (χ1v) is 21.8. The molecular weight excluding hydrogens is 822 g/mol. The van der Waals surface area contributed by atoms with Crippen LogP contribution in [0.15, 0.2) is 48.1 Å². The summed E-state index contributed by atoms with van der Waals surface area (Å²) in [6, 6.07) is 0. The van der Waals surface area contributed by atoms with Crippen LogP contribution in [0, 0.1) is 10.8 Å². The Morgan fingerprint density at radius 2 is 1.65 bits per heavy atom. The number of unbranched alkanes of at least 4 members (excludes halogenated alkanes) is 1. The second-order valence-electron chi connectivity index (χ2n) is 18.4. The largest absolute Gasteiger partial charge is 0.466 e. The van der Waals surface area contributed by atoms with Gasteiger partial charge in [0.15, 0.2) is 11.9 Å². The minimum absolute atomic E-state index is 0.00847. The molecule has 3 saturated heterocycles. The molecule has 4 rings (SSSR count). The molecule has 6 bridgehead atoms. The summed E-state index contributed by atoms with van der Waals surface area (Å²) in [7, 11) is 4.66. The van der Waals surface area contributed by atoms with E-state index in [1.54, 1.807) is 64.9 Å². The Hall–Kier alpha value is -3.97. The van der Waals surface area contributed by atoms with E-state index in [-0.39, 0.29) is 63.7 Å². The van der Waals surface area contributed by atoms with Crippen molar-refractivity contribution in [2.45, 2.75) is 166 Å². The number of methoxy groups -OCH3 is 1. The lowest BCUT2D eigenvalue weighted by Gasteiger charge is -2.54. The van der Waals surface area contributed by atoms with Crippen LogP contribution in [0.2, 0.25) is 0 Å². The molecule has 0 spiro atoms. The smallest absolute Gasteiger partial charge is 0.331 e. The van der Waals surface area contributed by atoms with E-state index < -0.39 is 108 Å². The van der Waals surface area contributed by atoms with Crippen molar-refractivity contribution in [1.29, 1.82) is 0 Å². The third-order valence-electron chi connectivity index (χ3n) is 12.1. The Labute approximate surface area is 370 Å². The van der Waals surface area contributed by atoms with Crippen molar-refractivity contribution in [2.75, 3.05) is 34.4 Å². The Bertz CT molecular complexity index is 1740. The summed E-state index contributed by atoms with van der Waals surface area (Å²) >= 11 is 0. The molecule has 17 nitrogen and oxygen atoms in total. The van der Waals surface area contributed by atoms with E-state index in [0.29, 0.717) is 0 Å². The molecule has 3 fully saturated rings. The molecule has 0 aromatic heterocycles. The van der Waals surface area contributed by atoms with Crippen LogP contribution in [0.25, 0.3) is 0 Å². The molecule has 4 heterocycles. The molecule has 4 aliphatic rings. The van der Waals surface area contributed by atoms with Crippen molar-refractivity contribution < 1.29 is 77.2 Å². The van der Waals surface area contributed by atoms with Crippen LogP contribution in [0.1, 0.15) is 106 Å². The number of carbonyl (C=O) groups is 5. The zero-order valence-electron chi connectivity index (χ0n) is 38.2. The molecule has 0 aliphatic carbocycles. The molecule has 0 saturated carbocycles. The lowest BCUT2D eigenvalue weighted by molar-refractivity contribution is -0.350. The molecule has 17 heteroatoms. The van der Waals surface area contributed by atoms with Gasteiger partial charge in [-0.2, -0.15) is 0 Å². The molecule has 0 radical (unpaired) electrons. The lowest BCUT2D eigenvalue weighted by Crippen LogP contribution is -2.62. The van der Waals surface area contributed by atoms with Crippen molar-refractivity contribution in [3.05, 3.63) is 48.1 Å². The number of aliphatic hydroxyl groups excluding tert-OH is 1. The predicted octanol–water partition coefficient (Wildman–Crippen LogP) is 3.90. The molecule has 10 atom stereocenters. The third kappa shape index (κ3) is 14.0. The number of allylic oxidation sites excluding steroid dienone is 3. The summed E-state index contributed by atoms with van der Waals surface area (Å²) in [5.74, 6) is -7.78. The van der Waals surface area contributed by atoms with E-state index in [9.17, 15) is 39.3 Å². The van der Waals surface area contributed by atoms with E-state index in [4.69, 9.17) is 37.9 Å². The van der Waals surface area contributed by atoms with Gasteiger partial charge in [0.2, 0.25) is 5.79 Å². The fraction of sp³-hybridized carbons (Fsp3) is 0.717. The van der Waals surface area contributed by atoms with Crippen molar-refractivity contribution in [2.24, 2.45) is 10.8 Å². The van der Waals surface area contributed by atoms with Crippen molar-refractivity contribution >= 4 is 29.8 Å². The van der Waals surface area contributed by atoms with Gasteiger partial charge in [0.1, 0.15) is 12.2 Å². The van der Waals surface area contributed by atoms with Gasteiger partial charge in [-0.1, -0.05) is 71.4 Å². The highest BCUT2D eigenvalue weighted by molar-refractivity contribution is 5.84. The van der Waals surface area contributed by atoms with E-state index in [1.165, 1.54) is 26.2 Å². The Morgan fingerprint density at radius 3 is 2.32 bits per heavy atom. The number of fused-ring (bicyclic) bond motifs is 6. The van der Waals surface area contributed by atoms with Crippen molar-refractivity contribution in [3.63, 3.8) is 0 Å². The van der Waals surface area contributed by atoms with Gasteiger partial charge < -0.3 is 53.2 Å². The van der Waals surface area contributed by atoms with Gasteiger partial charge in [0, 0.05) is 63.0 Å². The van der Waals surface area contributed by atoms with Gasteiger partial charge in [0.25, 0.3) is 0 Å². The maximum atomic E-state index is 13.4. The van der Waals surface area contributed by atoms with Crippen LogP contribution < -0.4 is 0 Å². The van der Waals surface area contributed by atoms with Gasteiger partial charge in [-0.15, -0.1) is 0 Å². The minimum Gasteiger partial charge on any atom is -0.466 e. The Kier molecular flexibility index (Phi) is 18.3. The number of carbonyl (C=O) groups excluding carboxylic acids is 5. The van der Waals surface area contributed by atoms with Gasteiger partial charge in [-0.05, 0) is 32.5 Å². The molecule has 1 unspecified atom stereocenters. The molecule has 0 aromatic rings. The standard InChI is InChI=1S/C46H69NO16/c1-10-11-12-13-14-15-38(50)61-42-30(21-39(51)56-9)20-33-17-19-57-40(52)23-31(49)22-35-26-37(58-29(2)48)44(5,6)45(54,62-35)27-36-25-34(60-41(53)28-47(7)8)24-32(59-36)16-18-43(3,4)46(42,55)63-33/h12-16,18,21,31-37,42,49,54-55H,10-11,17,19-20,22-28H2,1-9H3/b13-12+,15-14+,18-16+,30-21+/t31-,32+,33-,34-,35-,36+,37+,42?,45+,46-/m1/s1. The first-order chi connectivity index (χ1) is 29.5. The Balaban J connectivity index is 1.82. The van der Waals surface area contributed by atoms with E-state index in [1.807, 2.05) is 13.0 Å².